The van der Waals surface area contributed by atoms with Crippen LogP contribution >= 0.6 is 0 Å². The van der Waals surface area contributed by atoms with Gasteiger partial charge in [0.05, 0.1) is 23.0 Å². The van der Waals surface area contributed by atoms with Crippen LogP contribution in [0.2, 0.25) is 0 Å². The molecule has 1 aliphatic heterocycles. The number of non-ortho nitro benzene ring substituents is 1. The van der Waals surface area contributed by atoms with E-state index in [0.717, 1.165) is 11.4 Å². The van der Waals surface area contributed by atoms with E-state index in [0.29, 0.717) is 5.56 Å². The van der Waals surface area contributed by atoms with Crippen molar-refractivity contribution in [1.82, 2.24) is 5.01 Å². The minimum atomic E-state index is -0.488. The Kier molecular flexibility index (Phi) is 2.90. The van der Waals surface area contributed by atoms with Gasteiger partial charge >= 0.3 is 0 Å². The van der Waals surface area contributed by atoms with E-state index in [1.807, 2.05) is 12.2 Å². The summed E-state index contributed by atoms with van der Waals surface area (Å²) in [5, 5.41) is 15.6. The lowest BCUT2D eigenvalue weighted by atomic mass is 9.85. The number of amides is 2. The van der Waals surface area contributed by atoms with Crippen molar-refractivity contribution in [3.8, 4) is 0 Å². The van der Waals surface area contributed by atoms with Gasteiger partial charge in [-0.1, -0.05) is 12.2 Å². The van der Waals surface area contributed by atoms with E-state index < -0.39 is 4.92 Å². The summed E-state index contributed by atoms with van der Waals surface area (Å²) in [6.07, 6.45) is 6.32. The summed E-state index contributed by atoms with van der Waals surface area (Å²) in [4.78, 5) is 35.0. The van der Waals surface area contributed by atoms with Gasteiger partial charge in [0, 0.05) is 12.1 Å². The van der Waals surface area contributed by atoms with Gasteiger partial charge in [0.1, 0.15) is 0 Å². The molecule has 116 valence electrons. The normalized spacial score (nSPS) is 31.4. The maximum atomic E-state index is 12.4. The van der Waals surface area contributed by atoms with Crippen LogP contribution in [0, 0.1) is 33.8 Å². The standard InChI is InChI=1S/C16H13N3O4/c20-15-13-10-3-4-11(7-10)14(13)16(21)18(15)17-8-9-1-5-12(6-2-9)19(22)23/h1-6,8,10-11,13-14H,7H2/b17-8-/t10-,11-,13-,14-/m0/s1. The van der Waals surface area contributed by atoms with Crippen molar-refractivity contribution in [2.24, 2.45) is 28.8 Å². The average Bonchev–Trinajstić information content (AvgIpc) is 3.21. The van der Waals surface area contributed by atoms with Crippen molar-refractivity contribution in [1.29, 1.82) is 0 Å². The van der Waals surface area contributed by atoms with Crippen molar-refractivity contribution < 1.29 is 14.5 Å². The molecule has 0 unspecified atom stereocenters. The van der Waals surface area contributed by atoms with E-state index in [1.54, 1.807) is 0 Å². The molecule has 7 heteroatoms. The number of hydrazone groups is 1. The number of hydrogen-bond donors (Lipinski definition) is 0. The fraction of sp³-hybridized carbons (Fsp3) is 0.312. The van der Waals surface area contributed by atoms with Crippen molar-refractivity contribution >= 4 is 23.7 Å². The number of nitro benzene ring substituents is 1. The lowest BCUT2D eigenvalue weighted by molar-refractivity contribution is -0.384. The first-order valence-electron chi connectivity index (χ1n) is 7.41. The Hall–Kier alpha value is -2.83. The Morgan fingerprint density at radius 3 is 2.17 bits per heavy atom. The van der Waals surface area contributed by atoms with Gasteiger partial charge in [-0.3, -0.25) is 19.7 Å². The van der Waals surface area contributed by atoms with Crippen LogP contribution in [0.5, 0.6) is 0 Å². The molecule has 1 aromatic carbocycles. The molecule has 0 N–H and O–H groups in total. The van der Waals surface area contributed by atoms with Gasteiger partial charge in [0.25, 0.3) is 17.5 Å². The largest absolute Gasteiger partial charge is 0.272 e. The summed E-state index contributed by atoms with van der Waals surface area (Å²) >= 11 is 0. The van der Waals surface area contributed by atoms with E-state index in [9.17, 15) is 19.7 Å². The molecule has 4 atom stereocenters. The summed E-state index contributed by atoms with van der Waals surface area (Å²) in [6.45, 7) is 0. The van der Waals surface area contributed by atoms with E-state index in [2.05, 4.69) is 5.10 Å². The summed E-state index contributed by atoms with van der Waals surface area (Å²) in [6, 6.07) is 5.76. The Morgan fingerprint density at radius 1 is 1.09 bits per heavy atom. The number of carbonyl (C=O) groups excluding carboxylic acids is 2. The van der Waals surface area contributed by atoms with Crippen LogP contribution in [0.1, 0.15) is 12.0 Å². The van der Waals surface area contributed by atoms with E-state index in [4.69, 9.17) is 0 Å². The molecular formula is C16H13N3O4. The molecule has 3 aliphatic rings. The first-order valence-corrected chi connectivity index (χ1v) is 7.41. The summed E-state index contributed by atoms with van der Waals surface area (Å²) < 4.78 is 0. The monoisotopic (exact) mass is 311 g/mol. The summed E-state index contributed by atoms with van der Waals surface area (Å²) in [5.74, 6) is -0.718. The smallest absolute Gasteiger partial charge is 0.269 e. The molecule has 23 heavy (non-hydrogen) atoms. The summed E-state index contributed by atoms with van der Waals surface area (Å²) in [7, 11) is 0. The highest BCUT2D eigenvalue weighted by atomic mass is 16.6. The highest BCUT2D eigenvalue weighted by Gasteiger charge is 2.59. The zero-order valence-corrected chi connectivity index (χ0v) is 12.0. The Bertz CT molecular complexity index is 738. The maximum absolute atomic E-state index is 12.4. The number of rotatable bonds is 3. The van der Waals surface area contributed by atoms with Gasteiger partial charge in [-0.25, -0.2) is 0 Å². The third-order valence-electron chi connectivity index (χ3n) is 4.87. The van der Waals surface area contributed by atoms with Gasteiger partial charge in [0.2, 0.25) is 0 Å². The first kappa shape index (κ1) is 13.8. The van der Waals surface area contributed by atoms with Crippen LogP contribution in [-0.2, 0) is 9.59 Å². The Labute approximate surface area is 131 Å². The van der Waals surface area contributed by atoms with Crippen LogP contribution in [0.15, 0.2) is 41.5 Å². The third-order valence-corrected chi connectivity index (χ3v) is 4.87. The number of carbonyl (C=O) groups is 2. The molecule has 1 saturated heterocycles. The van der Waals surface area contributed by atoms with Crippen LogP contribution in [0.3, 0.4) is 0 Å². The number of benzene rings is 1. The molecule has 7 nitrogen and oxygen atoms in total. The average molecular weight is 311 g/mol. The molecule has 1 heterocycles. The van der Waals surface area contributed by atoms with Gasteiger partial charge in [-0.2, -0.15) is 10.1 Å². The minimum Gasteiger partial charge on any atom is -0.272 e. The second-order valence-corrected chi connectivity index (χ2v) is 6.08. The van der Waals surface area contributed by atoms with E-state index >= 15 is 0 Å². The number of nitro groups is 1. The van der Waals surface area contributed by atoms with E-state index in [-0.39, 0.29) is 41.2 Å². The van der Waals surface area contributed by atoms with Crippen LogP contribution in [-0.4, -0.2) is 28.0 Å². The van der Waals surface area contributed by atoms with E-state index in [1.165, 1.54) is 30.5 Å². The van der Waals surface area contributed by atoms with Gasteiger partial charge in [0.15, 0.2) is 0 Å². The minimum absolute atomic E-state index is 0.0207. The van der Waals surface area contributed by atoms with Crippen molar-refractivity contribution in [2.45, 2.75) is 6.42 Å². The SMILES string of the molecule is O=C1[C@@H]2[C@@H](C(=O)N1/N=C\c1ccc([N+](=O)[O-])cc1)[C@H]1C=C[C@H]2C1. The van der Waals surface area contributed by atoms with Crippen molar-refractivity contribution in [3.05, 3.63) is 52.1 Å². The van der Waals surface area contributed by atoms with Gasteiger partial charge < -0.3 is 0 Å². The molecule has 2 amide bonds. The van der Waals surface area contributed by atoms with Crippen LogP contribution < -0.4 is 0 Å². The second-order valence-electron chi connectivity index (χ2n) is 6.08. The van der Waals surface area contributed by atoms with Gasteiger partial charge in [-0.05, 0) is 36.0 Å². The van der Waals surface area contributed by atoms with Gasteiger partial charge in [-0.15, -0.1) is 0 Å². The Morgan fingerprint density at radius 2 is 1.65 bits per heavy atom. The number of imide groups is 1. The summed E-state index contributed by atoms with van der Waals surface area (Å²) in [5.41, 5.74) is 0.571. The molecule has 1 aromatic rings. The predicted octanol–water partition coefficient (Wildman–Crippen LogP) is 1.74. The Balaban J connectivity index is 1.54. The first-order chi connectivity index (χ1) is 11.1. The molecule has 0 spiro atoms. The molecule has 4 rings (SSSR count). The number of hydrogen-bond acceptors (Lipinski definition) is 5. The predicted molar refractivity (Wildman–Crippen MR) is 80.3 cm³/mol. The number of nitrogens with zero attached hydrogens (tertiary/aromatic N) is 3. The quantitative estimate of drug-likeness (QED) is 0.279. The molecular weight excluding hydrogens is 298 g/mol. The third kappa shape index (κ3) is 2.00. The molecule has 2 fully saturated rings. The highest BCUT2D eigenvalue weighted by molar-refractivity contribution is 6.06. The molecule has 0 aromatic heterocycles. The maximum Gasteiger partial charge on any atom is 0.269 e. The zero-order chi connectivity index (χ0) is 16.1. The molecule has 0 radical (unpaired) electrons. The number of allylic oxidation sites excluding steroid dienone is 2. The fourth-order valence-corrected chi connectivity index (χ4v) is 3.81. The lowest BCUT2D eigenvalue weighted by Gasteiger charge is -2.13. The zero-order valence-electron chi connectivity index (χ0n) is 12.0. The van der Waals surface area contributed by atoms with Crippen LogP contribution in [0.25, 0.3) is 0 Å². The van der Waals surface area contributed by atoms with Crippen molar-refractivity contribution in [2.75, 3.05) is 0 Å². The molecule has 2 aliphatic carbocycles. The topological polar surface area (TPSA) is 92.9 Å². The molecule has 2 bridgehead atoms. The lowest BCUT2D eigenvalue weighted by Crippen LogP contribution is -2.28. The highest BCUT2D eigenvalue weighted by Crippen LogP contribution is 2.52. The number of fused-ring (bicyclic) bond motifs is 5. The molecule has 1 saturated carbocycles. The second kappa shape index (κ2) is 4.84. The van der Waals surface area contributed by atoms with Crippen molar-refractivity contribution in [3.63, 3.8) is 0 Å². The fourth-order valence-electron chi connectivity index (χ4n) is 3.81. The van der Waals surface area contributed by atoms with Crippen LogP contribution in [0.4, 0.5) is 5.69 Å².